The number of likely N-dealkylation sites (tertiary alicyclic amines) is 1. The Bertz CT molecular complexity index is 290. The second kappa shape index (κ2) is 4.58. The Morgan fingerprint density at radius 2 is 2.20 bits per heavy atom. The van der Waals surface area contributed by atoms with Gasteiger partial charge in [-0.2, -0.15) is 0 Å². The van der Waals surface area contributed by atoms with Crippen LogP contribution in [0.3, 0.4) is 0 Å². The molecule has 4 heteroatoms. The summed E-state index contributed by atoms with van der Waals surface area (Å²) in [6.45, 7) is 6.99. The van der Waals surface area contributed by atoms with Gasteiger partial charge in [0.1, 0.15) is 0 Å². The first-order chi connectivity index (χ1) is 6.88. The maximum atomic E-state index is 12.2. The molecule has 0 aliphatic carbocycles. The zero-order chi connectivity index (χ0) is 11.6. The van der Waals surface area contributed by atoms with Crippen molar-refractivity contribution in [3.05, 3.63) is 0 Å². The monoisotopic (exact) mass is 270 g/mol. The Hall–Kier alpha value is -0.482. The van der Waals surface area contributed by atoms with E-state index < -0.39 is 0 Å². The molecule has 0 bridgehead atoms. The minimum absolute atomic E-state index is 0.000318. The molecule has 0 radical (unpaired) electrons. The maximum absolute atomic E-state index is 12.2. The van der Waals surface area contributed by atoms with Gasteiger partial charge in [0, 0.05) is 0 Å². The predicted octanol–water partition coefficient (Wildman–Crippen LogP) is 0.969. The molecular formula is C11H19AsN2O. The van der Waals surface area contributed by atoms with E-state index >= 15 is 0 Å². The number of rotatable bonds is 1. The summed E-state index contributed by atoms with van der Waals surface area (Å²) in [6.07, 6.45) is 1.81. The molecular weight excluding hydrogens is 251 g/mol. The van der Waals surface area contributed by atoms with E-state index in [1.165, 1.54) is 16.9 Å². The van der Waals surface area contributed by atoms with E-state index in [-0.39, 0.29) is 22.1 Å². The van der Waals surface area contributed by atoms with E-state index in [2.05, 4.69) is 26.8 Å². The fourth-order valence-electron chi connectivity index (χ4n) is 1.71. The molecule has 1 aliphatic rings. The van der Waals surface area contributed by atoms with Crippen LogP contribution in [0.1, 0.15) is 33.6 Å². The average molecular weight is 270 g/mol. The molecule has 3 atom stereocenters. The van der Waals surface area contributed by atoms with Crippen LogP contribution in [0.25, 0.3) is 0 Å². The molecule has 1 rings (SSSR count). The van der Waals surface area contributed by atoms with Crippen molar-refractivity contribution in [1.29, 1.82) is 5.26 Å². The van der Waals surface area contributed by atoms with E-state index in [1.54, 1.807) is 4.90 Å². The summed E-state index contributed by atoms with van der Waals surface area (Å²) in [5.41, 5.74) is -0.000318. The van der Waals surface area contributed by atoms with Gasteiger partial charge < -0.3 is 0 Å². The van der Waals surface area contributed by atoms with Gasteiger partial charge in [0.2, 0.25) is 0 Å². The standard InChI is InChI=1S/C11H19AsN2O/c1-11(2,3)9(12)10(15)14-6-4-5-8(14)7-13/h8-9H,4-6,12H2,1-3H3/t8-,9?/m0/s1. The number of carbonyl (C=O) groups is 1. The van der Waals surface area contributed by atoms with Crippen LogP contribution in [0, 0.1) is 16.7 Å². The van der Waals surface area contributed by atoms with Crippen LogP contribution in [-0.4, -0.2) is 40.2 Å². The summed E-state index contributed by atoms with van der Waals surface area (Å²) in [5.74, 6) is 0.159. The van der Waals surface area contributed by atoms with Crippen LogP contribution < -0.4 is 0 Å². The molecule has 0 N–H and O–H groups in total. The SMILES string of the molecule is CC(C)(C)C([AsH2])C(=O)N1CCC[C@H]1C#N. The molecule has 2 unspecified atom stereocenters. The molecule has 0 spiro atoms. The molecule has 84 valence electrons. The van der Waals surface area contributed by atoms with Crippen molar-refractivity contribution in [2.75, 3.05) is 6.54 Å². The number of amides is 1. The van der Waals surface area contributed by atoms with Gasteiger partial charge >= 0.3 is 100 Å². The van der Waals surface area contributed by atoms with Crippen LogP contribution >= 0.6 is 0 Å². The Kier molecular flexibility index (Phi) is 3.84. The molecule has 1 amide bonds. The van der Waals surface area contributed by atoms with Gasteiger partial charge in [0.25, 0.3) is 0 Å². The van der Waals surface area contributed by atoms with Crippen molar-refractivity contribution in [2.24, 2.45) is 5.41 Å². The first kappa shape index (κ1) is 12.6. The van der Waals surface area contributed by atoms with Crippen molar-refractivity contribution in [3.63, 3.8) is 0 Å². The molecule has 15 heavy (non-hydrogen) atoms. The number of hydrogen-bond acceptors (Lipinski definition) is 2. The summed E-state index contributed by atoms with van der Waals surface area (Å²) in [5, 5.41) is 8.93. The number of nitriles is 1. The number of carbonyl (C=O) groups excluding carboxylic acids is 1. The first-order valence-electron chi connectivity index (χ1n) is 5.33. The van der Waals surface area contributed by atoms with Gasteiger partial charge in [-0.1, -0.05) is 0 Å². The fourth-order valence-corrected chi connectivity index (χ4v) is 2.12. The summed E-state index contributed by atoms with van der Waals surface area (Å²) in [6, 6.07) is 2.03. The normalized spacial score (nSPS) is 23.7. The van der Waals surface area contributed by atoms with Crippen molar-refractivity contribution in [3.8, 4) is 6.07 Å². The van der Waals surface area contributed by atoms with Gasteiger partial charge in [0.15, 0.2) is 0 Å². The number of nitrogens with zero attached hydrogens (tertiary/aromatic N) is 2. The second-order valence-corrected chi connectivity index (χ2v) is 6.56. The van der Waals surface area contributed by atoms with Crippen molar-refractivity contribution in [2.45, 2.75) is 44.4 Å². The van der Waals surface area contributed by atoms with Gasteiger partial charge in [-0.15, -0.1) is 0 Å². The molecule has 1 aliphatic heterocycles. The minimum atomic E-state index is -0.182. The summed E-state index contributed by atoms with van der Waals surface area (Å²) in [4.78, 5) is 13.9. The van der Waals surface area contributed by atoms with Crippen LogP contribution in [-0.2, 0) is 4.79 Å². The predicted molar refractivity (Wildman–Crippen MR) is 62.1 cm³/mol. The molecule has 1 fully saturated rings. The average Bonchev–Trinajstić information content (AvgIpc) is 2.61. The van der Waals surface area contributed by atoms with E-state index in [4.69, 9.17) is 5.26 Å². The van der Waals surface area contributed by atoms with Crippen molar-refractivity contribution >= 4 is 22.8 Å². The topological polar surface area (TPSA) is 44.1 Å². The van der Waals surface area contributed by atoms with Crippen LogP contribution in [0.15, 0.2) is 0 Å². The third-order valence-corrected chi connectivity index (χ3v) is 5.58. The molecule has 1 heterocycles. The molecule has 0 aromatic heterocycles. The quantitative estimate of drug-likeness (QED) is 0.666. The van der Waals surface area contributed by atoms with E-state index in [0.717, 1.165) is 19.4 Å². The van der Waals surface area contributed by atoms with Gasteiger partial charge in [-0.3, -0.25) is 0 Å². The van der Waals surface area contributed by atoms with Gasteiger partial charge in [0.05, 0.1) is 0 Å². The zero-order valence-corrected chi connectivity index (χ0v) is 12.1. The van der Waals surface area contributed by atoms with Crippen molar-refractivity contribution < 1.29 is 4.79 Å². The van der Waals surface area contributed by atoms with Crippen LogP contribution in [0.2, 0.25) is 4.71 Å². The molecule has 1 saturated heterocycles. The van der Waals surface area contributed by atoms with Gasteiger partial charge in [-0.25, -0.2) is 0 Å². The van der Waals surface area contributed by atoms with Gasteiger partial charge in [-0.05, 0) is 0 Å². The Labute approximate surface area is 100 Å². The Morgan fingerprint density at radius 3 is 2.67 bits per heavy atom. The second-order valence-electron chi connectivity index (χ2n) is 5.16. The number of hydrogen-bond donors (Lipinski definition) is 0. The Balaban J connectivity index is 2.73. The fraction of sp³-hybridized carbons (Fsp3) is 0.818. The first-order valence-corrected chi connectivity index (χ1v) is 6.73. The third kappa shape index (κ3) is 2.75. The van der Waals surface area contributed by atoms with Crippen LogP contribution in [0.5, 0.6) is 0 Å². The van der Waals surface area contributed by atoms with E-state index in [9.17, 15) is 4.79 Å². The zero-order valence-electron chi connectivity index (χ0n) is 9.66. The summed E-state index contributed by atoms with van der Waals surface area (Å²) in [7, 11) is 0. The van der Waals surface area contributed by atoms with Crippen LogP contribution in [0.4, 0.5) is 0 Å². The molecule has 0 aromatic carbocycles. The van der Waals surface area contributed by atoms with Crippen molar-refractivity contribution in [1.82, 2.24) is 4.90 Å². The Morgan fingerprint density at radius 1 is 1.60 bits per heavy atom. The molecule has 0 aromatic rings. The molecule has 0 saturated carbocycles. The third-order valence-electron chi connectivity index (χ3n) is 2.88. The molecule has 3 nitrogen and oxygen atoms in total. The summed E-state index contributed by atoms with van der Waals surface area (Å²) < 4.78 is 0.0407. The van der Waals surface area contributed by atoms with E-state index in [1.807, 2.05) is 0 Å². The van der Waals surface area contributed by atoms with E-state index in [0.29, 0.717) is 0 Å². The summed E-state index contributed by atoms with van der Waals surface area (Å²) >= 11 is 1.46.